The van der Waals surface area contributed by atoms with E-state index < -0.39 is 0 Å². The molecule has 0 bridgehead atoms. The molecule has 1 nitrogen and oxygen atoms in total. The zero-order chi connectivity index (χ0) is 9.97. The van der Waals surface area contributed by atoms with E-state index in [2.05, 4.69) is 6.07 Å². The lowest BCUT2D eigenvalue weighted by Gasteiger charge is -2.02. The Bertz CT molecular complexity index is 443. The fraction of sp³-hybridized carbons (Fsp3) is 0.0833. The van der Waals surface area contributed by atoms with Crippen LogP contribution in [0.25, 0.3) is 10.4 Å². The van der Waals surface area contributed by atoms with Gasteiger partial charge in [0.05, 0.1) is 0 Å². The molecule has 0 amide bonds. The first-order chi connectivity index (χ1) is 6.81. The van der Waals surface area contributed by atoms with Gasteiger partial charge in [-0.25, -0.2) is 0 Å². The molecule has 14 heavy (non-hydrogen) atoms. The quantitative estimate of drug-likeness (QED) is 0.681. The topological polar surface area (TPSA) is 17.1 Å². The second-order valence-corrected chi connectivity index (χ2v) is 4.13. The van der Waals surface area contributed by atoms with Crippen LogP contribution < -0.4 is 0 Å². The molecule has 0 atom stereocenters. The molecule has 0 aliphatic carbocycles. The molecule has 1 aromatic heterocycles. The molecule has 1 heterocycles. The number of carbonyl (C=O) groups excluding carboxylic acids is 1. The molecule has 70 valence electrons. The number of hydrogen-bond donors (Lipinski definition) is 0. The number of thiophene rings is 1. The minimum absolute atomic E-state index is 0.762. The lowest BCUT2D eigenvalue weighted by molar-refractivity contribution is 0.112. The molecule has 2 heteroatoms. The molecule has 0 aliphatic rings. The third-order valence-corrected chi connectivity index (χ3v) is 3.03. The van der Waals surface area contributed by atoms with Crippen LogP contribution in [0, 0.1) is 6.92 Å². The molecule has 0 saturated heterocycles. The van der Waals surface area contributed by atoms with E-state index in [-0.39, 0.29) is 0 Å². The van der Waals surface area contributed by atoms with Crippen molar-refractivity contribution in [3.05, 3.63) is 46.8 Å². The second-order valence-electron chi connectivity index (χ2n) is 3.19. The molecule has 2 aromatic rings. The lowest BCUT2D eigenvalue weighted by Crippen LogP contribution is -1.86. The third-order valence-electron chi connectivity index (χ3n) is 2.12. The summed E-state index contributed by atoms with van der Waals surface area (Å²) >= 11 is 1.66. The first kappa shape index (κ1) is 9.16. The molecular formula is C12H10OS. The van der Waals surface area contributed by atoms with Gasteiger partial charge in [0, 0.05) is 16.0 Å². The van der Waals surface area contributed by atoms with Crippen LogP contribution in [0.2, 0.25) is 0 Å². The van der Waals surface area contributed by atoms with Gasteiger partial charge in [-0.05, 0) is 24.4 Å². The second kappa shape index (κ2) is 3.76. The van der Waals surface area contributed by atoms with Crippen molar-refractivity contribution in [3.8, 4) is 10.4 Å². The largest absolute Gasteiger partial charge is 0.298 e. The van der Waals surface area contributed by atoms with E-state index in [1.807, 2.05) is 36.6 Å². The molecular weight excluding hydrogens is 192 g/mol. The summed E-state index contributed by atoms with van der Waals surface area (Å²) in [6, 6.07) is 9.91. The maximum atomic E-state index is 10.8. The molecule has 0 N–H and O–H groups in total. The van der Waals surface area contributed by atoms with Crippen molar-refractivity contribution in [2.24, 2.45) is 0 Å². The van der Waals surface area contributed by atoms with Gasteiger partial charge in [0.1, 0.15) is 0 Å². The molecule has 1 aromatic carbocycles. The number of aryl methyl sites for hydroxylation is 1. The number of rotatable bonds is 2. The molecule has 0 spiro atoms. The van der Waals surface area contributed by atoms with E-state index in [0.29, 0.717) is 0 Å². The third kappa shape index (κ3) is 1.61. The Hall–Kier alpha value is -1.41. The van der Waals surface area contributed by atoms with Crippen molar-refractivity contribution < 1.29 is 4.79 Å². The first-order valence-corrected chi connectivity index (χ1v) is 5.29. The minimum atomic E-state index is 0.762. The highest BCUT2D eigenvalue weighted by Crippen LogP contribution is 2.27. The van der Waals surface area contributed by atoms with Crippen LogP contribution in [0.3, 0.4) is 0 Å². The van der Waals surface area contributed by atoms with Gasteiger partial charge in [-0.3, -0.25) is 4.79 Å². The van der Waals surface area contributed by atoms with Crippen molar-refractivity contribution in [1.82, 2.24) is 0 Å². The minimum Gasteiger partial charge on any atom is -0.298 e. The summed E-state index contributed by atoms with van der Waals surface area (Å²) < 4.78 is 0. The van der Waals surface area contributed by atoms with Gasteiger partial charge >= 0.3 is 0 Å². The number of hydrogen-bond acceptors (Lipinski definition) is 2. The summed E-state index contributed by atoms with van der Waals surface area (Å²) in [6.07, 6.45) is 0.911. The maximum absolute atomic E-state index is 10.8. The summed E-state index contributed by atoms with van der Waals surface area (Å²) in [5.41, 5.74) is 2.98. The summed E-state index contributed by atoms with van der Waals surface area (Å²) in [5.74, 6) is 0. The zero-order valence-electron chi connectivity index (χ0n) is 7.86. The van der Waals surface area contributed by atoms with Crippen LogP contribution in [0.4, 0.5) is 0 Å². The Balaban J connectivity index is 2.61. The van der Waals surface area contributed by atoms with Crippen molar-refractivity contribution in [1.29, 1.82) is 0 Å². The molecule has 0 saturated carbocycles. The van der Waals surface area contributed by atoms with E-state index >= 15 is 0 Å². The average Bonchev–Trinajstić information content (AvgIpc) is 2.70. The van der Waals surface area contributed by atoms with Gasteiger partial charge in [0.2, 0.25) is 0 Å². The zero-order valence-corrected chi connectivity index (χ0v) is 8.67. The highest BCUT2D eigenvalue weighted by molar-refractivity contribution is 7.13. The normalized spacial score (nSPS) is 10.1. The van der Waals surface area contributed by atoms with E-state index in [0.717, 1.165) is 22.3 Å². The smallest absolute Gasteiger partial charge is 0.150 e. The SMILES string of the molecule is Cc1ccc(C=O)c(-c2cccs2)c1. The fourth-order valence-electron chi connectivity index (χ4n) is 1.42. The van der Waals surface area contributed by atoms with Crippen molar-refractivity contribution >= 4 is 17.6 Å². The van der Waals surface area contributed by atoms with Crippen LogP contribution in [0.1, 0.15) is 15.9 Å². The molecule has 0 aliphatic heterocycles. The van der Waals surface area contributed by atoms with Crippen molar-refractivity contribution in [3.63, 3.8) is 0 Å². The predicted molar refractivity (Wildman–Crippen MR) is 59.9 cm³/mol. The first-order valence-electron chi connectivity index (χ1n) is 4.41. The average molecular weight is 202 g/mol. The molecule has 0 fully saturated rings. The van der Waals surface area contributed by atoms with Gasteiger partial charge < -0.3 is 0 Å². The van der Waals surface area contributed by atoms with Gasteiger partial charge in [0.25, 0.3) is 0 Å². The van der Waals surface area contributed by atoms with Crippen LogP contribution in [-0.4, -0.2) is 6.29 Å². The summed E-state index contributed by atoms with van der Waals surface area (Å²) in [7, 11) is 0. The Kier molecular flexibility index (Phi) is 2.46. The summed E-state index contributed by atoms with van der Waals surface area (Å²) in [4.78, 5) is 12.0. The van der Waals surface area contributed by atoms with Crippen LogP contribution in [0.5, 0.6) is 0 Å². The standard InChI is InChI=1S/C12H10OS/c1-9-4-5-10(8-13)11(7-9)12-3-2-6-14-12/h2-8H,1H3. The highest BCUT2D eigenvalue weighted by Gasteiger charge is 2.04. The summed E-state index contributed by atoms with van der Waals surface area (Å²) in [5, 5.41) is 2.02. The van der Waals surface area contributed by atoms with E-state index in [1.54, 1.807) is 11.3 Å². The number of carbonyl (C=O) groups is 1. The monoisotopic (exact) mass is 202 g/mol. The lowest BCUT2D eigenvalue weighted by atomic mass is 10.0. The maximum Gasteiger partial charge on any atom is 0.150 e. The van der Waals surface area contributed by atoms with E-state index in [9.17, 15) is 4.79 Å². The number of benzene rings is 1. The Labute approximate surface area is 87.0 Å². The van der Waals surface area contributed by atoms with Crippen molar-refractivity contribution in [2.45, 2.75) is 6.92 Å². The number of aldehydes is 1. The molecule has 2 rings (SSSR count). The fourth-order valence-corrected chi connectivity index (χ4v) is 2.18. The Morgan fingerprint density at radius 3 is 2.79 bits per heavy atom. The van der Waals surface area contributed by atoms with E-state index in [4.69, 9.17) is 0 Å². The van der Waals surface area contributed by atoms with Crippen LogP contribution >= 0.6 is 11.3 Å². The van der Waals surface area contributed by atoms with Crippen molar-refractivity contribution in [2.75, 3.05) is 0 Å². The Morgan fingerprint density at radius 1 is 1.29 bits per heavy atom. The van der Waals surface area contributed by atoms with Gasteiger partial charge in [-0.2, -0.15) is 0 Å². The molecule has 0 radical (unpaired) electrons. The predicted octanol–water partition coefficient (Wildman–Crippen LogP) is 3.54. The van der Waals surface area contributed by atoms with E-state index in [1.165, 1.54) is 5.56 Å². The van der Waals surface area contributed by atoms with Gasteiger partial charge in [-0.15, -0.1) is 11.3 Å². The van der Waals surface area contributed by atoms with Crippen LogP contribution in [0.15, 0.2) is 35.7 Å². The molecule has 0 unspecified atom stereocenters. The Morgan fingerprint density at radius 2 is 2.14 bits per heavy atom. The highest BCUT2D eigenvalue weighted by atomic mass is 32.1. The van der Waals surface area contributed by atoms with Gasteiger partial charge in [-0.1, -0.05) is 23.8 Å². The summed E-state index contributed by atoms with van der Waals surface area (Å²) in [6.45, 7) is 2.03. The van der Waals surface area contributed by atoms with Crippen LogP contribution in [-0.2, 0) is 0 Å². The van der Waals surface area contributed by atoms with Gasteiger partial charge in [0.15, 0.2) is 6.29 Å².